The SMILES string of the molecule is NCCc1cc(=O)[nH]c(CSc2ccc(Cl)cc2)n1. The van der Waals surface area contributed by atoms with E-state index in [0.717, 1.165) is 10.6 Å². The summed E-state index contributed by atoms with van der Waals surface area (Å²) >= 11 is 7.42. The van der Waals surface area contributed by atoms with Crippen LogP contribution in [0.2, 0.25) is 5.02 Å². The quantitative estimate of drug-likeness (QED) is 0.830. The number of halogens is 1. The zero-order chi connectivity index (χ0) is 13.7. The normalized spacial score (nSPS) is 10.6. The molecule has 0 saturated heterocycles. The second-order valence-corrected chi connectivity index (χ2v) is 5.45. The van der Waals surface area contributed by atoms with Crippen molar-refractivity contribution in [2.24, 2.45) is 5.73 Å². The van der Waals surface area contributed by atoms with Gasteiger partial charge in [0, 0.05) is 28.1 Å². The van der Waals surface area contributed by atoms with Crippen LogP contribution in [0, 0.1) is 0 Å². The van der Waals surface area contributed by atoms with Crippen molar-refractivity contribution in [1.29, 1.82) is 0 Å². The maximum absolute atomic E-state index is 11.5. The molecule has 1 aromatic carbocycles. The summed E-state index contributed by atoms with van der Waals surface area (Å²) in [4.78, 5) is 19.7. The summed E-state index contributed by atoms with van der Waals surface area (Å²) in [5.41, 5.74) is 6.07. The predicted octanol–water partition coefficient (Wildman–Crippen LogP) is 2.22. The second-order valence-electron chi connectivity index (χ2n) is 3.96. The van der Waals surface area contributed by atoms with Crippen molar-refractivity contribution >= 4 is 23.4 Å². The molecule has 0 radical (unpaired) electrons. The minimum absolute atomic E-state index is 0.134. The molecule has 2 rings (SSSR count). The fourth-order valence-electron chi connectivity index (χ4n) is 1.59. The van der Waals surface area contributed by atoms with Crippen LogP contribution in [0.25, 0.3) is 0 Å². The molecular weight excluding hydrogens is 282 g/mol. The average molecular weight is 296 g/mol. The molecule has 0 aliphatic rings. The van der Waals surface area contributed by atoms with Gasteiger partial charge in [0.05, 0.1) is 5.75 Å². The van der Waals surface area contributed by atoms with Gasteiger partial charge >= 0.3 is 0 Å². The highest BCUT2D eigenvalue weighted by Gasteiger charge is 2.02. The number of nitrogens with two attached hydrogens (primary N) is 1. The summed E-state index contributed by atoms with van der Waals surface area (Å²) in [5, 5.41) is 0.709. The average Bonchev–Trinajstić information content (AvgIpc) is 2.38. The third-order valence-electron chi connectivity index (χ3n) is 2.43. The molecule has 0 saturated carbocycles. The van der Waals surface area contributed by atoms with Gasteiger partial charge in [0.15, 0.2) is 0 Å². The Kier molecular flexibility index (Phi) is 5.01. The number of aromatic amines is 1. The topological polar surface area (TPSA) is 71.8 Å². The maximum atomic E-state index is 11.5. The zero-order valence-electron chi connectivity index (χ0n) is 10.2. The lowest BCUT2D eigenvalue weighted by atomic mass is 10.3. The van der Waals surface area contributed by atoms with E-state index >= 15 is 0 Å². The van der Waals surface area contributed by atoms with Gasteiger partial charge in [-0.1, -0.05) is 11.6 Å². The van der Waals surface area contributed by atoms with Crippen LogP contribution < -0.4 is 11.3 Å². The van der Waals surface area contributed by atoms with Crippen LogP contribution in [-0.4, -0.2) is 16.5 Å². The molecule has 6 heteroatoms. The Balaban J connectivity index is 2.06. The number of hydrogen-bond acceptors (Lipinski definition) is 4. The first-order valence-corrected chi connectivity index (χ1v) is 7.21. The van der Waals surface area contributed by atoms with E-state index in [1.807, 2.05) is 24.3 Å². The Morgan fingerprint density at radius 3 is 2.74 bits per heavy atom. The van der Waals surface area contributed by atoms with E-state index < -0.39 is 0 Å². The number of H-pyrrole nitrogens is 1. The van der Waals surface area contributed by atoms with Crippen LogP contribution in [-0.2, 0) is 12.2 Å². The van der Waals surface area contributed by atoms with Crippen LogP contribution in [0.1, 0.15) is 11.5 Å². The van der Waals surface area contributed by atoms with Crippen LogP contribution in [0.5, 0.6) is 0 Å². The van der Waals surface area contributed by atoms with Gasteiger partial charge in [-0.3, -0.25) is 4.79 Å². The number of hydrogen-bond donors (Lipinski definition) is 2. The molecule has 0 bridgehead atoms. The van der Waals surface area contributed by atoms with Gasteiger partial charge in [0.2, 0.25) is 0 Å². The number of nitrogens with zero attached hydrogens (tertiary/aromatic N) is 1. The van der Waals surface area contributed by atoms with Gasteiger partial charge in [-0.15, -0.1) is 11.8 Å². The second kappa shape index (κ2) is 6.75. The largest absolute Gasteiger partial charge is 0.330 e. The van der Waals surface area contributed by atoms with Crippen molar-refractivity contribution < 1.29 is 0 Å². The van der Waals surface area contributed by atoms with Crippen molar-refractivity contribution in [1.82, 2.24) is 9.97 Å². The number of thioether (sulfide) groups is 1. The highest BCUT2D eigenvalue weighted by molar-refractivity contribution is 7.98. The van der Waals surface area contributed by atoms with Crippen molar-refractivity contribution in [3.8, 4) is 0 Å². The van der Waals surface area contributed by atoms with Crippen molar-refractivity contribution in [2.45, 2.75) is 17.1 Å². The zero-order valence-corrected chi connectivity index (χ0v) is 11.8. The maximum Gasteiger partial charge on any atom is 0.251 e. The Morgan fingerprint density at radius 2 is 2.05 bits per heavy atom. The highest BCUT2D eigenvalue weighted by Crippen LogP contribution is 2.22. The van der Waals surface area contributed by atoms with Crippen LogP contribution in [0.3, 0.4) is 0 Å². The van der Waals surface area contributed by atoms with E-state index in [1.54, 1.807) is 11.8 Å². The summed E-state index contributed by atoms with van der Waals surface area (Å²) < 4.78 is 0. The van der Waals surface area contributed by atoms with Gasteiger partial charge in [-0.25, -0.2) is 4.98 Å². The van der Waals surface area contributed by atoms with Gasteiger partial charge < -0.3 is 10.7 Å². The minimum Gasteiger partial charge on any atom is -0.330 e. The van der Waals surface area contributed by atoms with Crippen LogP contribution >= 0.6 is 23.4 Å². The molecule has 19 heavy (non-hydrogen) atoms. The first-order valence-electron chi connectivity index (χ1n) is 5.85. The molecule has 1 heterocycles. The Hall–Kier alpha value is -1.30. The highest BCUT2D eigenvalue weighted by atomic mass is 35.5. The lowest BCUT2D eigenvalue weighted by Crippen LogP contribution is -2.14. The number of rotatable bonds is 5. The van der Waals surface area contributed by atoms with E-state index in [-0.39, 0.29) is 5.56 Å². The van der Waals surface area contributed by atoms with E-state index in [2.05, 4.69) is 9.97 Å². The molecule has 0 unspecified atom stereocenters. The Morgan fingerprint density at radius 1 is 1.32 bits per heavy atom. The molecule has 0 aliphatic carbocycles. The first kappa shape index (κ1) is 14.1. The molecular formula is C13H14ClN3OS. The van der Waals surface area contributed by atoms with Crippen LogP contribution in [0.4, 0.5) is 0 Å². The molecule has 0 aliphatic heterocycles. The van der Waals surface area contributed by atoms with Gasteiger partial charge in [0.25, 0.3) is 5.56 Å². The molecule has 3 N–H and O–H groups in total. The molecule has 1 aromatic heterocycles. The van der Waals surface area contributed by atoms with E-state index in [4.69, 9.17) is 17.3 Å². The molecule has 2 aromatic rings. The van der Waals surface area contributed by atoms with Gasteiger partial charge in [0.1, 0.15) is 5.82 Å². The fraction of sp³-hybridized carbons (Fsp3) is 0.231. The third kappa shape index (κ3) is 4.38. The van der Waals surface area contributed by atoms with Crippen molar-refractivity contribution in [3.63, 3.8) is 0 Å². The number of nitrogens with one attached hydrogen (secondary N) is 1. The summed E-state index contributed by atoms with van der Waals surface area (Å²) in [5.74, 6) is 1.27. The fourth-order valence-corrected chi connectivity index (χ4v) is 2.48. The summed E-state index contributed by atoms with van der Waals surface area (Å²) in [6, 6.07) is 9.04. The Bertz CT molecular complexity index is 598. The standard InChI is InChI=1S/C13H14ClN3OS/c14-9-1-3-11(4-2-9)19-8-12-16-10(5-6-15)7-13(18)17-12/h1-4,7H,5-6,8,15H2,(H,16,17,18). The lowest BCUT2D eigenvalue weighted by Gasteiger charge is -2.04. The van der Waals surface area contributed by atoms with E-state index in [1.165, 1.54) is 6.07 Å². The Labute approximate surface area is 120 Å². The van der Waals surface area contributed by atoms with Crippen molar-refractivity contribution in [2.75, 3.05) is 6.54 Å². The molecule has 0 amide bonds. The summed E-state index contributed by atoms with van der Waals surface area (Å²) in [6.45, 7) is 0.486. The van der Waals surface area contributed by atoms with Crippen LogP contribution in [0.15, 0.2) is 40.0 Å². The van der Waals surface area contributed by atoms with Gasteiger partial charge in [-0.05, 0) is 30.8 Å². The van der Waals surface area contributed by atoms with E-state index in [9.17, 15) is 4.79 Å². The molecule has 0 spiro atoms. The third-order valence-corrected chi connectivity index (χ3v) is 3.71. The summed E-state index contributed by atoms with van der Waals surface area (Å²) in [7, 11) is 0. The lowest BCUT2D eigenvalue weighted by molar-refractivity contribution is 0.872. The number of aromatic nitrogens is 2. The summed E-state index contributed by atoms with van der Waals surface area (Å²) in [6.07, 6.45) is 0.614. The molecule has 4 nitrogen and oxygen atoms in total. The number of benzene rings is 1. The van der Waals surface area contributed by atoms with Crippen molar-refractivity contribution in [3.05, 3.63) is 57.2 Å². The first-order chi connectivity index (χ1) is 9.17. The van der Waals surface area contributed by atoms with Gasteiger partial charge in [-0.2, -0.15) is 0 Å². The monoisotopic (exact) mass is 295 g/mol. The van der Waals surface area contributed by atoms with E-state index in [0.29, 0.717) is 29.6 Å². The smallest absolute Gasteiger partial charge is 0.251 e. The minimum atomic E-state index is -0.134. The molecule has 0 fully saturated rings. The molecule has 100 valence electrons. The molecule has 0 atom stereocenters. The predicted molar refractivity (Wildman–Crippen MR) is 78.6 cm³/mol.